The van der Waals surface area contributed by atoms with Gasteiger partial charge in [-0.2, -0.15) is 0 Å². The Kier molecular flexibility index (Phi) is 6.03. The quantitative estimate of drug-likeness (QED) is 0.710. The molecule has 2 aromatic rings. The summed E-state index contributed by atoms with van der Waals surface area (Å²) in [7, 11) is 0. The van der Waals surface area contributed by atoms with Gasteiger partial charge in [0, 0.05) is 35.8 Å². The van der Waals surface area contributed by atoms with Gasteiger partial charge in [0.2, 0.25) is 0 Å². The zero-order valence-electron chi connectivity index (χ0n) is 17.2. The SMILES string of the molecule is NCC1(c2cccc(Cl)c2)CCC(N2CC=CN(c3cccc(C(=O)O)c3)C2=O)CC1. The molecule has 6 nitrogen and oxygen atoms in total. The second kappa shape index (κ2) is 8.73. The molecule has 1 aliphatic heterocycles. The first-order valence-electron chi connectivity index (χ1n) is 10.5. The number of carbonyl (C=O) groups is 2. The number of carboxylic acid groups (broad SMARTS) is 1. The lowest BCUT2D eigenvalue weighted by molar-refractivity contribution is 0.0697. The number of anilines is 1. The third-order valence-electron chi connectivity index (χ3n) is 6.56. The maximum atomic E-state index is 13.3. The van der Waals surface area contributed by atoms with Crippen LogP contribution in [-0.4, -0.2) is 41.1 Å². The molecule has 0 aromatic heterocycles. The van der Waals surface area contributed by atoms with Gasteiger partial charge in [0.15, 0.2) is 0 Å². The van der Waals surface area contributed by atoms with Gasteiger partial charge in [0.05, 0.1) is 11.3 Å². The van der Waals surface area contributed by atoms with Crippen LogP contribution in [0.1, 0.15) is 41.6 Å². The van der Waals surface area contributed by atoms with Crippen molar-refractivity contribution in [1.82, 2.24) is 4.90 Å². The summed E-state index contributed by atoms with van der Waals surface area (Å²) < 4.78 is 0. The molecule has 7 heteroatoms. The number of halogens is 1. The van der Waals surface area contributed by atoms with Gasteiger partial charge in [-0.15, -0.1) is 0 Å². The molecule has 1 heterocycles. The second-order valence-electron chi connectivity index (χ2n) is 8.27. The average Bonchev–Trinajstić information content (AvgIpc) is 2.79. The van der Waals surface area contributed by atoms with Crippen molar-refractivity contribution in [3.8, 4) is 0 Å². The highest BCUT2D eigenvalue weighted by Gasteiger charge is 2.39. The van der Waals surface area contributed by atoms with Crippen molar-refractivity contribution in [3.63, 3.8) is 0 Å². The second-order valence-corrected chi connectivity index (χ2v) is 8.71. The van der Waals surface area contributed by atoms with Crippen molar-refractivity contribution in [2.75, 3.05) is 18.0 Å². The van der Waals surface area contributed by atoms with Gasteiger partial charge in [0.25, 0.3) is 0 Å². The Morgan fingerprint density at radius 2 is 1.90 bits per heavy atom. The van der Waals surface area contributed by atoms with Gasteiger partial charge in [0.1, 0.15) is 0 Å². The van der Waals surface area contributed by atoms with E-state index in [-0.39, 0.29) is 23.1 Å². The molecule has 0 saturated heterocycles. The summed E-state index contributed by atoms with van der Waals surface area (Å²) in [4.78, 5) is 28.0. The fourth-order valence-corrected chi connectivity index (χ4v) is 4.92. The molecule has 1 aliphatic carbocycles. The minimum atomic E-state index is -1.02. The molecular formula is C24H26ClN3O3. The number of benzene rings is 2. The van der Waals surface area contributed by atoms with Crippen LogP contribution < -0.4 is 10.6 Å². The van der Waals surface area contributed by atoms with Crippen LogP contribution in [0.5, 0.6) is 0 Å². The maximum absolute atomic E-state index is 13.3. The van der Waals surface area contributed by atoms with E-state index in [4.69, 9.17) is 17.3 Å². The first-order valence-corrected chi connectivity index (χ1v) is 10.9. The lowest BCUT2D eigenvalue weighted by Gasteiger charge is -2.45. The topological polar surface area (TPSA) is 86.9 Å². The molecule has 162 valence electrons. The lowest BCUT2D eigenvalue weighted by atomic mass is 9.68. The Morgan fingerprint density at radius 1 is 1.16 bits per heavy atom. The maximum Gasteiger partial charge on any atom is 0.335 e. The predicted molar refractivity (Wildman–Crippen MR) is 122 cm³/mol. The number of aromatic carboxylic acids is 1. The highest BCUT2D eigenvalue weighted by atomic mass is 35.5. The van der Waals surface area contributed by atoms with E-state index in [2.05, 4.69) is 6.07 Å². The van der Waals surface area contributed by atoms with Crippen molar-refractivity contribution in [1.29, 1.82) is 0 Å². The first-order chi connectivity index (χ1) is 14.9. The number of hydrogen-bond donors (Lipinski definition) is 2. The van der Waals surface area contributed by atoms with Crippen LogP contribution in [0.3, 0.4) is 0 Å². The van der Waals surface area contributed by atoms with E-state index < -0.39 is 5.97 Å². The summed E-state index contributed by atoms with van der Waals surface area (Å²) >= 11 is 6.21. The van der Waals surface area contributed by atoms with Crippen LogP contribution in [0.2, 0.25) is 5.02 Å². The molecule has 0 unspecified atom stereocenters. The summed E-state index contributed by atoms with van der Waals surface area (Å²) in [6.45, 7) is 1.09. The molecular weight excluding hydrogens is 414 g/mol. The molecule has 1 saturated carbocycles. The average molecular weight is 440 g/mol. The highest BCUT2D eigenvalue weighted by Crippen LogP contribution is 2.41. The van der Waals surface area contributed by atoms with Crippen molar-refractivity contribution >= 4 is 29.3 Å². The Morgan fingerprint density at radius 3 is 2.58 bits per heavy atom. The normalized spacial score (nSPS) is 23.8. The standard InChI is InChI=1S/C24H26ClN3O3/c25-19-6-2-5-18(15-19)24(16-26)10-8-20(9-11-24)27-12-3-13-28(23(27)31)21-7-1-4-17(14-21)22(29)30/h1-7,13-15,20H,8-12,16,26H2,(H,29,30). The monoisotopic (exact) mass is 439 g/mol. The van der Waals surface area contributed by atoms with Gasteiger partial charge in [-0.1, -0.05) is 29.8 Å². The van der Waals surface area contributed by atoms with E-state index in [0.717, 1.165) is 31.2 Å². The van der Waals surface area contributed by atoms with E-state index in [1.807, 2.05) is 29.2 Å². The van der Waals surface area contributed by atoms with Crippen molar-refractivity contribution in [2.45, 2.75) is 37.1 Å². The number of nitrogens with two attached hydrogens (primary N) is 1. The third kappa shape index (κ3) is 4.18. The molecule has 0 radical (unpaired) electrons. The lowest BCUT2D eigenvalue weighted by Crippen LogP contribution is -2.52. The van der Waals surface area contributed by atoms with Crippen molar-refractivity contribution in [3.05, 3.63) is 77.0 Å². The molecule has 0 atom stereocenters. The summed E-state index contributed by atoms with van der Waals surface area (Å²) in [6, 6.07) is 14.3. The molecule has 1 fully saturated rings. The molecule has 2 aliphatic rings. The number of nitrogens with zero attached hydrogens (tertiary/aromatic N) is 2. The van der Waals surface area contributed by atoms with Crippen molar-refractivity contribution < 1.29 is 14.7 Å². The molecule has 3 N–H and O–H groups in total. The Balaban J connectivity index is 1.50. The third-order valence-corrected chi connectivity index (χ3v) is 6.80. The minimum absolute atomic E-state index is 0.112. The van der Waals surface area contributed by atoms with Gasteiger partial charge >= 0.3 is 12.0 Å². The fourth-order valence-electron chi connectivity index (χ4n) is 4.73. The minimum Gasteiger partial charge on any atom is -0.478 e. The number of rotatable bonds is 5. The zero-order chi connectivity index (χ0) is 22.0. The van der Waals surface area contributed by atoms with Crippen LogP contribution in [0.4, 0.5) is 10.5 Å². The Labute approximate surface area is 186 Å². The number of urea groups is 1. The highest BCUT2D eigenvalue weighted by molar-refractivity contribution is 6.30. The first kappa shape index (κ1) is 21.4. The van der Waals surface area contributed by atoms with E-state index >= 15 is 0 Å². The van der Waals surface area contributed by atoms with Gasteiger partial charge in [-0.3, -0.25) is 4.90 Å². The summed E-state index contributed by atoms with van der Waals surface area (Å²) in [6.07, 6.45) is 7.14. The molecule has 2 amide bonds. The molecule has 4 rings (SSSR count). The number of carbonyl (C=O) groups excluding carboxylic acids is 1. The summed E-state index contributed by atoms with van der Waals surface area (Å²) in [5.74, 6) is -1.02. The number of carboxylic acids is 1. The molecule has 31 heavy (non-hydrogen) atoms. The van der Waals surface area contributed by atoms with Gasteiger partial charge in [-0.25, -0.2) is 9.59 Å². The predicted octanol–water partition coefficient (Wildman–Crippen LogP) is 4.63. The Hall–Kier alpha value is -2.83. The molecule has 2 aromatic carbocycles. The van der Waals surface area contributed by atoms with E-state index in [0.29, 0.717) is 23.8 Å². The van der Waals surface area contributed by atoms with E-state index in [1.54, 1.807) is 18.3 Å². The largest absolute Gasteiger partial charge is 0.478 e. The molecule has 0 spiro atoms. The van der Waals surface area contributed by atoms with E-state index in [1.165, 1.54) is 17.0 Å². The van der Waals surface area contributed by atoms with E-state index in [9.17, 15) is 14.7 Å². The van der Waals surface area contributed by atoms with Crippen molar-refractivity contribution in [2.24, 2.45) is 5.73 Å². The van der Waals surface area contributed by atoms with Crippen LogP contribution in [-0.2, 0) is 5.41 Å². The fraction of sp³-hybridized carbons (Fsp3) is 0.333. The Bertz CT molecular complexity index is 1010. The smallest absolute Gasteiger partial charge is 0.335 e. The number of amides is 2. The van der Waals surface area contributed by atoms with Gasteiger partial charge in [-0.05, 0) is 67.7 Å². The van der Waals surface area contributed by atoms with Crippen LogP contribution in [0, 0.1) is 0 Å². The van der Waals surface area contributed by atoms with Crippen LogP contribution in [0.25, 0.3) is 0 Å². The van der Waals surface area contributed by atoms with Crippen LogP contribution >= 0.6 is 11.6 Å². The molecule has 0 bridgehead atoms. The zero-order valence-corrected chi connectivity index (χ0v) is 18.0. The number of hydrogen-bond acceptors (Lipinski definition) is 3. The summed E-state index contributed by atoms with van der Waals surface area (Å²) in [5.41, 5.74) is 7.97. The van der Waals surface area contributed by atoms with Crippen LogP contribution in [0.15, 0.2) is 60.8 Å². The van der Waals surface area contributed by atoms with Gasteiger partial charge < -0.3 is 15.7 Å². The summed E-state index contributed by atoms with van der Waals surface area (Å²) in [5, 5.41) is 9.97.